The lowest BCUT2D eigenvalue weighted by Gasteiger charge is -2.23. The molecular formula is C34H32N6. The van der Waals surface area contributed by atoms with E-state index in [1.807, 2.05) is 0 Å². The van der Waals surface area contributed by atoms with E-state index >= 15 is 0 Å². The van der Waals surface area contributed by atoms with Crippen LogP contribution in [0.3, 0.4) is 0 Å². The Labute approximate surface area is 234 Å². The maximum Gasteiger partial charge on any atom is 0.174 e. The smallest absolute Gasteiger partial charge is 0.174 e. The van der Waals surface area contributed by atoms with Gasteiger partial charge in [-0.05, 0) is 95.5 Å². The normalized spacial score (nSPS) is 19.9. The molecule has 0 spiro atoms. The number of para-hydroxylation sites is 1. The van der Waals surface area contributed by atoms with E-state index in [4.69, 9.17) is 4.98 Å². The van der Waals surface area contributed by atoms with Crippen molar-refractivity contribution in [1.29, 1.82) is 0 Å². The minimum absolute atomic E-state index is 0.582. The first-order chi connectivity index (χ1) is 19.8. The van der Waals surface area contributed by atoms with Gasteiger partial charge in [0.2, 0.25) is 0 Å². The van der Waals surface area contributed by atoms with Crippen LogP contribution in [0.4, 0.5) is 5.69 Å². The molecule has 8 rings (SSSR count). The quantitative estimate of drug-likeness (QED) is 0.244. The van der Waals surface area contributed by atoms with Gasteiger partial charge >= 0.3 is 0 Å². The molecule has 2 fully saturated rings. The van der Waals surface area contributed by atoms with Crippen LogP contribution in [0.15, 0.2) is 72.8 Å². The Kier molecular flexibility index (Phi) is 5.71. The van der Waals surface area contributed by atoms with Gasteiger partial charge in [0, 0.05) is 30.6 Å². The molecule has 0 radical (unpaired) electrons. The van der Waals surface area contributed by atoms with E-state index in [2.05, 4.69) is 110 Å². The number of hydrogen-bond donors (Lipinski definition) is 1. The highest BCUT2D eigenvalue weighted by Crippen LogP contribution is 2.53. The number of aromatic amines is 1. The molecule has 40 heavy (non-hydrogen) atoms. The lowest BCUT2D eigenvalue weighted by molar-refractivity contribution is 0.744. The summed E-state index contributed by atoms with van der Waals surface area (Å²) >= 11 is 0. The van der Waals surface area contributed by atoms with E-state index in [1.54, 1.807) is 0 Å². The highest BCUT2D eigenvalue weighted by Gasteiger charge is 2.42. The predicted molar refractivity (Wildman–Crippen MR) is 159 cm³/mol. The number of pyridine rings is 1. The molecule has 6 heteroatoms. The Balaban J connectivity index is 0.992. The molecule has 2 aliphatic carbocycles. The summed E-state index contributed by atoms with van der Waals surface area (Å²) in [5.41, 5.74) is 10.5. The average molecular weight is 525 g/mol. The zero-order chi connectivity index (χ0) is 26.5. The Hall–Kier alpha value is -4.32. The summed E-state index contributed by atoms with van der Waals surface area (Å²) in [5.74, 6) is 2.75. The minimum atomic E-state index is 0.582. The molecule has 2 aromatic heterocycles. The van der Waals surface area contributed by atoms with Gasteiger partial charge in [0.25, 0.3) is 0 Å². The van der Waals surface area contributed by atoms with Gasteiger partial charge in [0.15, 0.2) is 5.82 Å². The van der Waals surface area contributed by atoms with E-state index < -0.39 is 0 Å². The minimum Gasteiger partial charge on any atom is -0.366 e. The van der Waals surface area contributed by atoms with Crippen LogP contribution in [0.1, 0.15) is 70.4 Å². The fourth-order valence-corrected chi connectivity index (χ4v) is 6.49. The van der Waals surface area contributed by atoms with Gasteiger partial charge in [-0.15, -0.1) is 10.2 Å². The van der Waals surface area contributed by atoms with Crippen molar-refractivity contribution in [2.24, 2.45) is 5.92 Å². The Morgan fingerprint density at radius 2 is 1.88 bits per heavy atom. The van der Waals surface area contributed by atoms with Crippen LogP contribution in [0.5, 0.6) is 0 Å². The number of H-pyrrole nitrogens is 1. The molecule has 3 aromatic carbocycles. The van der Waals surface area contributed by atoms with E-state index in [-0.39, 0.29) is 0 Å². The number of fused-ring (bicyclic) bond motifs is 2. The maximum atomic E-state index is 4.95. The standard InChI is InChI=1S/C34H32N6/c1-3-22(7-13-29-14-12-25-10-11-27(24-8-9-24)19-32(25)35-29)17-23(4-1)21-40-16-15-26-5-2-6-30(34(26)40)31-18-28(31)20-33-36-38-39-37-33/h1-7,10-14,17,19,24,28,31H,8-9,15-16,18,20-21H2,(H,36,37,38,39)/b13-7+. The van der Waals surface area contributed by atoms with Crippen molar-refractivity contribution in [2.75, 3.05) is 11.4 Å². The lowest BCUT2D eigenvalue weighted by atomic mass is 10.0. The number of nitrogens with zero attached hydrogens (tertiary/aromatic N) is 5. The largest absolute Gasteiger partial charge is 0.366 e. The van der Waals surface area contributed by atoms with Gasteiger partial charge in [-0.2, -0.15) is 5.21 Å². The van der Waals surface area contributed by atoms with Crippen LogP contribution < -0.4 is 4.90 Å². The van der Waals surface area contributed by atoms with Crippen molar-refractivity contribution in [3.63, 3.8) is 0 Å². The van der Waals surface area contributed by atoms with E-state index in [9.17, 15) is 0 Å². The van der Waals surface area contributed by atoms with Crippen LogP contribution in [-0.4, -0.2) is 32.2 Å². The predicted octanol–water partition coefficient (Wildman–Crippen LogP) is 6.70. The zero-order valence-corrected chi connectivity index (χ0v) is 22.5. The third-order valence-electron chi connectivity index (χ3n) is 8.83. The van der Waals surface area contributed by atoms with E-state index in [0.29, 0.717) is 11.8 Å². The van der Waals surface area contributed by atoms with Gasteiger partial charge in [-0.1, -0.05) is 65.9 Å². The highest BCUT2D eigenvalue weighted by molar-refractivity contribution is 5.82. The average Bonchev–Trinajstić information content (AvgIpc) is 3.88. The maximum absolute atomic E-state index is 4.95. The number of anilines is 1. The van der Waals surface area contributed by atoms with Crippen LogP contribution in [0.25, 0.3) is 23.1 Å². The number of aromatic nitrogens is 5. The van der Waals surface area contributed by atoms with Crippen molar-refractivity contribution < 1.29 is 0 Å². The monoisotopic (exact) mass is 524 g/mol. The first kappa shape index (κ1) is 23.6. The third kappa shape index (κ3) is 4.68. The summed E-state index contributed by atoms with van der Waals surface area (Å²) in [6, 6.07) is 26.9. The van der Waals surface area contributed by atoms with Crippen molar-refractivity contribution in [3.8, 4) is 0 Å². The van der Waals surface area contributed by atoms with Gasteiger partial charge < -0.3 is 4.90 Å². The van der Waals surface area contributed by atoms with Gasteiger partial charge in [-0.3, -0.25) is 0 Å². The molecule has 1 aliphatic heterocycles. The zero-order valence-electron chi connectivity index (χ0n) is 22.5. The van der Waals surface area contributed by atoms with Gasteiger partial charge in [0.1, 0.15) is 0 Å². The fourth-order valence-electron chi connectivity index (χ4n) is 6.49. The van der Waals surface area contributed by atoms with Crippen LogP contribution in [0, 0.1) is 5.92 Å². The molecule has 0 amide bonds. The van der Waals surface area contributed by atoms with E-state index in [1.165, 1.54) is 58.2 Å². The fraction of sp³-hybridized carbons (Fsp3) is 0.294. The number of benzene rings is 3. The summed E-state index contributed by atoms with van der Waals surface area (Å²) < 4.78 is 0. The molecule has 0 saturated heterocycles. The second-order valence-corrected chi connectivity index (χ2v) is 11.7. The number of tetrazole rings is 1. The van der Waals surface area contributed by atoms with Crippen molar-refractivity contribution in [3.05, 3.63) is 112 Å². The summed E-state index contributed by atoms with van der Waals surface area (Å²) in [4.78, 5) is 7.53. The second kappa shape index (κ2) is 9.70. The lowest BCUT2D eigenvalue weighted by Crippen LogP contribution is -2.20. The molecule has 2 atom stereocenters. The third-order valence-corrected chi connectivity index (χ3v) is 8.83. The Morgan fingerprint density at radius 3 is 2.77 bits per heavy atom. The molecule has 3 heterocycles. The molecule has 3 aliphatic rings. The summed E-state index contributed by atoms with van der Waals surface area (Å²) in [6.07, 6.45) is 10.2. The molecule has 0 bridgehead atoms. The SMILES string of the molecule is C(=C\c1ccc2ccc(C3CC3)cc2n1)/c1cccc(CN2CCc3cccc(C4CC4Cc4nn[nH]n4)c32)c1. The highest BCUT2D eigenvalue weighted by atomic mass is 15.5. The molecule has 6 nitrogen and oxygen atoms in total. The Morgan fingerprint density at radius 1 is 0.950 bits per heavy atom. The van der Waals surface area contributed by atoms with Crippen LogP contribution in [-0.2, 0) is 19.4 Å². The van der Waals surface area contributed by atoms with Crippen LogP contribution >= 0.6 is 0 Å². The first-order valence-electron chi connectivity index (χ1n) is 14.5. The number of nitrogens with one attached hydrogen (secondary N) is 1. The van der Waals surface area contributed by atoms with Crippen molar-refractivity contribution in [1.82, 2.24) is 25.6 Å². The molecule has 198 valence electrons. The number of hydrogen-bond acceptors (Lipinski definition) is 5. The summed E-state index contributed by atoms with van der Waals surface area (Å²) in [5, 5.41) is 15.9. The molecule has 1 N–H and O–H groups in total. The summed E-state index contributed by atoms with van der Waals surface area (Å²) in [6.45, 7) is 1.99. The summed E-state index contributed by atoms with van der Waals surface area (Å²) in [7, 11) is 0. The van der Waals surface area contributed by atoms with Gasteiger partial charge in [-0.25, -0.2) is 4.98 Å². The second-order valence-electron chi connectivity index (χ2n) is 11.7. The van der Waals surface area contributed by atoms with Gasteiger partial charge in [0.05, 0.1) is 11.2 Å². The number of rotatable bonds is 8. The molecule has 5 aromatic rings. The van der Waals surface area contributed by atoms with Crippen molar-refractivity contribution >= 4 is 28.7 Å². The van der Waals surface area contributed by atoms with E-state index in [0.717, 1.165) is 48.9 Å². The molecule has 2 saturated carbocycles. The van der Waals surface area contributed by atoms with Crippen LogP contribution in [0.2, 0.25) is 0 Å². The molecular weight excluding hydrogens is 492 g/mol. The molecule has 2 unspecified atom stereocenters. The first-order valence-corrected chi connectivity index (χ1v) is 14.5. The topological polar surface area (TPSA) is 70.6 Å². The van der Waals surface area contributed by atoms with Crippen molar-refractivity contribution in [2.45, 2.75) is 50.5 Å². The Bertz CT molecular complexity index is 1720.